The lowest BCUT2D eigenvalue weighted by Crippen LogP contribution is -2.21. The first-order chi connectivity index (χ1) is 11.3. The van der Waals surface area contributed by atoms with Gasteiger partial charge in [0.1, 0.15) is 0 Å². The second-order valence-corrected chi connectivity index (χ2v) is 5.49. The number of nitrogens with zero attached hydrogens (tertiary/aromatic N) is 2. The molecule has 0 fully saturated rings. The minimum absolute atomic E-state index is 0.0295. The fourth-order valence-electron chi connectivity index (χ4n) is 2.16. The van der Waals surface area contributed by atoms with Crippen molar-refractivity contribution in [3.63, 3.8) is 0 Å². The van der Waals surface area contributed by atoms with E-state index in [9.17, 15) is 19.7 Å². The number of nitrogens with one attached hydrogen (secondary N) is 1. The molecule has 2 aromatic carbocycles. The molecule has 0 unspecified atom stereocenters. The number of carbonyl (C=O) groups is 2. The van der Waals surface area contributed by atoms with Crippen LogP contribution in [0.4, 0.5) is 11.4 Å². The van der Waals surface area contributed by atoms with Crippen molar-refractivity contribution in [2.75, 3.05) is 19.4 Å². The van der Waals surface area contributed by atoms with Crippen molar-refractivity contribution in [3.8, 4) is 0 Å². The van der Waals surface area contributed by atoms with E-state index in [0.717, 1.165) is 0 Å². The third kappa shape index (κ3) is 3.75. The largest absolute Gasteiger partial charge is 0.345 e. The van der Waals surface area contributed by atoms with Crippen LogP contribution >= 0.6 is 0 Å². The van der Waals surface area contributed by atoms with E-state index >= 15 is 0 Å². The zero-order valence-electron chi connectivity index (χ0n) is 13.6. The second kappa shape index (κ2) is 6.91. The Labute approximate surface area is 139 Å². The van der Waals surface area contributed by atoms with Crippen LogP contribution in [0.15, 0.2) is 42.5 Å². The number of aryl methyl sites for hydroxylation is 1. The van der Waals surface area contributed by atoms with E-state index in [0.29, 0.717) is 22.4 Å². The summed E-state index contributed by atoms with van der Waals surface area (Å²) < 4.78 is 0. The molecule has 24 heavy (non-hydrogen) atoms. The molecule has 0 heterocycles. The lowest BCUT2D eigenvalue weighted by atomic mass is 10.1. The maximum Gasteiger partial charge on any atom is 0.272 e. The number of nitro benzene ring substituents is 1. The van der Waals surface area contributed by atoms with Crippen LogP contribution < -0.4 is 5.32 Å². The molecule has 2 rings (SSSR count). The summed E-state index contributed by atoms with van der Waals surface area (Å²) in [4.78, 5) is 35.8. The van der Waals surface area contributed by atoms with Crippen molar-refractivity contribution >= 4 is 23.2 Å². The average Bonchev–Trinajstić information content (AvgIpc) is 2.54. The number of benzene rings is 2. The molecule has 0 aliphatic heterocycles. The molecule has 0 aliphatic rings. The van der Waals surface area contributed by atoms with E-state index in [1.807, 2.05) is 0 Å². The van der Waals surface area contributed by atoms with Gasteiger partial charge in [-0.05, 0) is 43.3 Å². The topological polar surface area (TPSA) is 92.6 Å². The Kier molecular flexibility index (Phi) is 4.93. The number of rotatable bonds is 4. The predicted octanol–water partition coefficient (Wildman–Crippen LogP) is 2.86. The normalized spacial score (nSPS) is 10.1. The van der Waals surface area contributed by atoms with E-state index in [4.69, 9.17) is 0 Å². The standard InChI is InChI=1S/C17H17N3O4/c1-11-10-13(6-9-15(11)20(23)24)16(21)18-14-7-4-12(5-8-14)17(22)19(2)3/h4-10H,1-3H3,(H,18,21). The van der Waals surface area contributed by atoms with Crippen molar-refractivity contribution in [1.29, 1.82) is 0 Å². The molecule has 0 aromatic heterocycles. The highest BCUT2D eigenvalue weighted by Crippen LogP contribution is 2.20. The summed E-state index contributed by atoms with van der Waals surface area (Å²) in [6, 6.07) is 10.7. The van der Waals surface area contributed by atoms with Crippen molar-refractivity contribution < 1.29 is 14.5 Å². The Hall–Kier alpha value is -3.22. The highest BCUT2D eigenvalue weighted by Gasteiger charge is 2.14. The molecular formula is C17H17N3O4. The van der Waals surface area contributed by atoms with Crippen LogP contribution in [0.25, 0.3) is 0 Å². The van der Waals surface area contributed by atoms with Gasteiger partial charge in [-0.1, -0.05) is 0 Å². The molecule has 0 saturated carbocycles. The van der Waals surface area contributed by atoms with Gasteiger partial charge in [0, 0.05) is 42.5 Å². The van der Waals surface area contributed by atoms with Gasteiger partial charge < -0.3 is 10.2 Å². The van der Waals surface area contributed by atoms with Gasteiger partial charge in [0.05, 0.1) is 4.92 Å². The minimum Gasteiger partial charge on any atom is -0.345 e. The van der Waals surface area contributed by atoms with E-state index in [1.165, 1.54) is 23.1 Å². The highest BCUT2D eigenvalue weighted by atomic mass is 16.6. The first-order valence-corrected chi connectivity index (χ1v) is 7.17. The predicted molar refractivity (Wildman–Crippen MR) is 90.2 cm³/mol. The first-order valence-electron chi connectivity index (χ1n) is 7.17. The van der Waals surface area contributed by atoms with E-state index < -0.39 is 4.92 Å². The van der Waals surface area contributed by atoms with Crippen molar-refractivity contribution in [2.45, 2.75) is 6.92 Å². The van der Waals surface area contributed by atoms with Gasteiger partial charge in [0.15, 0.2) is 0 Å². The SMILES string of the molecule is Cc1cc(C(=O)Nc2ccc(C(=O)N(C)C)cc2)ccc1[N+](=O)[O-]. The molecule has 2 amide bonds. The van der Waals surface area contributed by atoms with E-state index in [-0.39, 0.29) is 17.5 Å². The van der Waals surface area contributed by atoms with Crippen molar-refractivity contribution in [1.82, 2.24) is 4.90 Å². The maximum atomic E-state index is 12.2. The summed E-state index contributed by atoms with van der Waals surface area (Å²) in [5.41, 5.74) is 1.76. The van der Waals surface area contributed by atoms with Crippen LogP contribution in [-0.2, 0) is 0 Å². The molecule has 7 heteroatoms. The van der Waals surface area contributed by atoms with Gasteiger partial charge >= 0.3 is 0 Å². The smallest absolute Gasteiger partial charge is 0.272 e. The van der Waals surface area contributed by atoms with Gasteiger partial charge in [-0.3, -0.25) is 19.7 Å². The van der Waals surface area contributed by atoms with Crippen molar-refractivity contribution in [2.24, 2.45) is 0 Å². The summed E-state index contributed by atoms with van der Waals surface area (Å²) in [5, 5.41) is 13.5. The molecule has 2 aromatic rings. The summed E-state index contributed by atoms with van der Waals surface area (Å²) in [5.74, 6) is -0.501. The van der Waals surface area contributed by atoms with E-state index in [1.54, 1.807) is 45.3 Å². The number of amides is 2. The summed E-state index contributed by atoms with van der Waals surface area (Å²) in [7, 11) is 3.32. The number of hydrogen-bond acceptors (Lipinski definition) is 4. The van der Waals surface area contributed by atoms with Gasteiger partial charge in [0.2, 0.25) is 0 Å². The zero-order chi connectivity index (χ0) is 17.9. The molecule has 0 atom stereocenters. The van der Waals surface area contributed by atoms with Crippen LogP contribution in [0.5, 0.6) is 0 Å². The Balaban J connectivity index is 2.14. The summed E-state index contributed by atoms with van der Waals surface area (Å²) in [6.45, 7) is 1.58. The Morgan fingerprint density at radius 1 is 1.04 bits per heavy atom. The van der Waals surface area contributed by atoms with Crippen LogP contribution in [0.3, 0.4) is 0 Å². The lowest BCUT2D eigenvalue weighted by molar-refractivity contribution is -0.385. The van der Waals surface area contributed by atoms with Gasteiger partial charge in [-0.2, -0.15) is 0 Å². The molecular weight excluding hydrogens is 310 g/mol. The van der Waals surface area contributed by atoms with Crippen LogP contribution in [0.1, 0.15) is 26.3 Å². The molecule has 7 nitrogen and oxygen atoms in total. The quantitative estimate of drug-likeness (QED) is 0.690. The summed E-state index contributed by atoms with van der Waals surface area (Å²) in [6.07, 6.45) is 0. The summed E-state index contributed by atoms with van der Waals surface area (Å²) >= 11 is 0. The van der Waals surface area contributed by atoms with Crippen molar-refractivity contribution in [3.05, 3.63) is 69.3 Å². The van der Waals surface area contributed by atoms with Crippen LogP contribution in [-0.4, -0.2) is 35.7 Å². The van der Waals surface area contributed by atoms with Crippen LogP contribution in [0, 0.1) is 17.0 Å². The number of nitro groups is 1. The number of hydrogen-bond donors (Lipinski definition) is 1. The highest BCUT2D eigenvalue weighted by molar-refractivity contribution is 6.04. The van der Waals surface area contributed by atoms with Gasteiger partial charge in [-0.15, -0.1) is 0 Å². The average molecular weight is 327 g/mol. The molecule has 0 radical (unpaired) electrons. The molecule has 0 bridgehead atoms. The first kappa shape index (κ1) is 17.1. The maximum absolute atomic E-state index is 12.2. The minimum atomic E-state index is -0.489. The molecule has 124 valence electrons. The zero-order valence-corrected chi connectivity index (χ0v) is 13.6. The lowest BCUT2D eigenvalue weighted by Gasteiger charge is -2.11. The fourth-order valence-corrected chi connectivity index (χ4v) is 2.16. The second-order valence-electron chi connectivity index (χ2n) is 5.49. The van der Waals surface area contributed by atoms with Crippen LogP contribution in [0.2, 0.25) is 0 Å². The Bertz CT molecular complexity index is 798. The third-order valence-electron chi connectivity index (χ3n) is 3.45. The molecule has 0 spiro atoms. The monoisotopic (exact) mass is 327 g/mol. The Morgan fingerprint density at radius 3 is 2.12 bits per heavy atom. The number of carbonyl (C=O) groups excluding carboxylic acids is 2. The Morgan fingerprint density at radius 2 is 1.62 bits per heavy atom. The number of anilines is 1. The molecule has 0 aliphatic carbocycles. The van der Waals surface area contributed by atoms with Gasteiger partial charge in [0.25, 0.3) is 17.5 Å². The van der Waals surface area contributed by atoms with Gasteiger partial charge in [-0.25, -0.2) is 0 Å². The van der Waals surface area contributed by atoms with E-state index in [2.05, 4.69) is 5.32 Å². The fraction of sp³-hybridized carbons (Fsp3) is 0.176. The third-order valence-corrected chi connectivity index (χ3v) is 3.45. The molecule has 0 saturated heterocycles. The molecule has 1 N–H and O–H groups in total.